The third-order valence-electron chi connectivity index (χ3n) is 3.91. The fourth-order valence-corrected chi connectivity index (χ4v) is 2.52. The second-order valence-electron chi connectivity index (χ2n) is 6.57. The number of nitro benzene ring substituents is 2. The van der Waals surface area contributed by atoms with E-state index in [2.05, 4.69) is 13.8 Å². The molecule has 0 bridgehead atoms. The molecule has 0 aliphatic carbocycles. The van der Waals surface area contributed by atoms with Crippen LogP contribution in [0.2, 0.25) is 0 Å². The van der Waals surface area contributed by atoms with Crippen molar-refractivity contribution in [2.45, 2.75) is 52.6 Å². The summed E-state index contributed by atoms with van der Waals surface area (Å²) >= 11 is 0. The molecule has 0 radical (unpaired) electrons. The molecule has 0 aromatic heterocycles. The Morgan fingerprint density at radius 2 is 1.92 bits per heavy atom. The summed E-state index contributed by atoms with van der Waals surface area (Å²) in [6, 6.07) is 3.35. The van der Waals surface area contributed by atoms with Crippen molar-refractivity contribution in [2.24, 2.45) is 0 Å². The molecule has 0 amide bonds. The number of ether oxygens (including phenoxy) is 2. The smallest absolute Gasteiger partial charge is 0.317 e. The van der Waals surface area contributed by atoms with Crippen LogP contribution in [0.5, 0.6) is 5.75 Å². The average Bonchev–Trinajstić information content (AvgIpc) is 2.54. The van der Waals surface area contributed by atoms with E-state index < -0.39 is 15.5 Å². The summed E-state index contributed by atoms with van der Waals surface area (Å²) < 4.78 is 11.1. The van der Waals surface area contributed by atoms with Crippen LogP contribution in [-0.4, -0.2) is 28.7 Å². The van der Waals surface area contributed by atoms with Gasteiger partial charge in [-0.3, -0.25) is 20.2 Å². The minimum Gasteiger partial charge on any atom is -0.483 e. The van der Waals surface area contributed by atoms with Gasteiger partial charge in [-0.05, 0) is 59.1 Å². The Kier molecular flexibility index (Phi) is 8.18. The van der Waals surface area contributed by atoms with E-state index >= 15 is 0 Å². The molecule has 0 atom stereocenters. The first kappa shape index (κ1) is 21.6. The quantitative estimate of drug-likeness (QED) is 0.316. The molecule has 26 heavy (non-hydrogen) atoms. The van der Waals surface area contributed by atoms with Gasteiger partial charge in [0, 0.05) is 12.7 Å². The number of nitro groups is 2. The number of rotatable bonds is 11. The van der Waals surface area contributed by atoms with Gasteiger partial charge in [0.25, 0.3) is 5.69 Å². The van der Waals surface area contributed by atoms with Crippen LogP contribution >= 0.6 is 0 Å². The van der Waals surface area contributed by atoms with Crippen molar-refractivity contribution in [3.05, 3.63) is 50.1 Å². The van der Waals surface area contributed by atoms with E-state index in [1.54, 1.807) is 0 Å². The van der Waals surface area contributed by atoms with Crippen LogP contribution in [0, 0.1) is 20.2 Å². The fraction of sp³-hybridized carbons (Fsp3) is 0.556. The van der Waals surface area contributed by atoms with Crippen molar-refractivity contribution in [2.75, 3.05) is 13.2 Å². The second kappa shape index (κ2) is 9.86. The molecule has 0 saturated carbocycles. The van der Waals surface area contributed by atoms with Gasteiger partial charge >= 0.3 is 5.69 Å². The topological polar surface area (TPSA) is 105 Å². The monoisotopic (exact) mass is 366 g/mol. The van der Waals surface area contributed by atoms with Crippen LogP contribution in [0.1, 0.15) is 47.0 Å². The average molecular weight is 366 g/mol. The minimum absolute atomic E-state index is 0.0159. The lowest BCUT2D eigenvalue weighted by atomic mass is 9.99. The summed E-state index contributed by atoms with van der Waals surface area (Å²) in [7, 11) is 0. The molecule has 1 aromatic rings. The van der Waals surface area contributed by atoms with Crippen molar-refractivity contribution >= 4 is 11.4 Å². The molecule has 0 fully saturated rings. The molecule has 0 saturated heterocycles. The Morgan fingerprint density at radius 1 is 1.23 bits per heavy atom. The van der Waals surface area contributed by atoms with Crippen LogP contribution in [0.25, 0.3) is 0 Å². The number of nitrogens with zero attached hydrogens (tertiary/aromatic N) is 2. The highest BCUT2D eigenvalue weighted by Crippen LogP contribution is 2.31. The molecule has 8 nitrogen and oxygen atoms in total. The molecule has 0 N–H and O–H groups in total. The maximum atomic E-state index is 11.1. The van der Waals surface area contributed by atoms with Gasteiger partial charge in [0.1, 0.15) is 6.61 Å². The fourth-order valence-electron chi connectivity index (χ4n) is 2.52. The number of non-ortho nitro benzene ring substituents is 1. The first-order valence-corrected chi connectivity index (χ1v) is 8.51. The number of hydrogen-bond donors (Lipinski definition) is 0. The van der Waals surface area contributed by atoms with E-state index in [-0.39, 0.29) is 23.6 Å². The van der Waals surface area contributed by atoms with Gasteiger partial charge in [-0.1, -0.05) is 5.57 Å². The lowest BCUT2D eigenvalue weighted by molar-refractivity contribution is -0.394. The highest BCUT2D eigenvalue weighted by Gasteiger charge is 2.20. The largest absolute Gasteiger partial charge is 0.483 e. The van der Waals surface area contributed by atoms with Crippen molar-refractivity contribution in [3.63, 3.8) is 0 Å². The highest BCUT2D eigenvalue weighted by atomic mass is 16.6. The van der Waals surface area contributed by atoms with Gasteiger partial charge in [-0.25, -0.2) is 0 Å². The summed E-state index contributed by atoms with van der Waals surface area (Å²) in [5, 5.41) is 21.8. The molecule has 1 aromatic carbocycles. The summed E-state index contributed by atoms with van der Waals surface area (Å²) in [5.74, 6) is 0.0159. The zero-order valence-corrected chi connectivity index (χ0v) is 15.7. The van der Waals surface area contributed by atoms with Gasteiger partial charge in [-0.15, -0.1) is 0 Å². The van der Waals surface area contributed by atoms with Gasteiger partial charge < -0.3 is 9.47 Å². The molecule has 1 rings (SSSR count). The van der Waals surface area contributed by atoms with E-state index in [9.17, 15) is 20.2 Å². The van der Waals surface area contributed by atoms with E-state index in [1.807, 2.05) is 19.9 Å². The number of hydrogen-bond acceptors (Lipinski definition) is 6. The maximum absolute atomic E-state index is 11.1. The molecule has 0 spiro atoms. The van der Waals surface area contributed by atoms with E-state index in [4.69, 9.17) is 9.47 Å². The van der Waals surface area contributed by atoms with Gasteiger partial charge in [-0.2, -0.15) is 0 Å². The van der Waals surface area contributed by atoms with Crippen LogP contribution in [0.4, 0.5) is 11.4 Å². The standard InChI is InChI=1S/C18H26N2O6/c1-5-26-18(3,4)11-6-7-14(2)10-12-25-17-9-8-15(19(21)22)13-16(17)20(23)24/h8-10,13H,5-7,11-12H2,1-4H3/b14-10+. The zero-order chi connectivity index (χ0) is 19.7. The summed E-state index contributed by atoms with van der Waals surface area (Å²) in [6.07, 6.45) is 4.63. The van der Waals surface area contributed by atoms with E-state index in [1.165, 1.54) is 12.1 Å². The summed E-state index contributed by atoms with van der Waals surface area (Å²) in [5.41, 5.74) is 0.212. The Balaban J connectivity index is 2.59. The molecule has 144 valence electrons. The Hall–Kier alpha value is -2.48. The third-order valence-corrected chi connectivity index (χ3v) is 3.91. The van der Waals surface area contributed by atoms with Crippen LogP contribution in [0.3, 0.4) is 0 Å². The molecular formula is C18H26N2O6. The first-order chi connectivity index (χ1) is 12.2. The molecule has 0 unspecified atom stereocenters. The third kappa shape index (κ3) is 7.18. The lowest BCUT2D eigenvalue weighted by Gasteiger charge is -2.24. The van der Waals surface area contributed by atoms with Crippen LogP contribution in [0.15, 0.2) is 29.8 Å². The Labute approximate surface area is 153 Å². The number of benzene rings is 1. The molecular weight excluding hydrogens is 340 g/mol. The predicted molar refractivity (Wildman–Crippen MR) is 98.6 cm³/mol. The highest BCUT2D eigenvalue weighted by molar-refractivity contribution is 5.53. The zero-order valence-electron chi connectivity index (χ0n) is 15.7. The molecule has 0 heterocycles. The SMILES string of the molecule is CCOC(C)(C)CCC/C(C)=C/COc1ccc([N+](=O)[O-])cc1[N+](=O)[O-]. The molecule has 0 aliphatic rings. The Morgan fingerprint density at radius 3 is 2.50 bits per heavy atom. The second-order valence-corrected chi connectivity index (χ2v) is 6.57. The molecule has 0 aliphatic heterocycles. The van der Waals surface area contributed by atoms with Crippen molar-refractivity contribution in [1.82, 2.24) is 0 Å². The van der Waals surface area contributed by atoms with E-state index in [0.29, 0.717) is 6.61 Å². The minimum atomic E-state index is -0.686. The first-order valence-electron chi connectivity index (χ1n) is 8.51. The summed E-state index contributed by atoms with van der Waals surface area (Å²) in [6.45, 7) is 8.92. The van der Waals surface area contributed by atoms with Crippen LogP contribution < -0.4 is 4.74 Å². The normalized spacial score (nSPS) is 12.1. The summed E-state index contributed by atoms with van der Waals surface area (Å²) in [4.78, 5) is 20.4. The number of allylic oxidation sites excluding steroid dienone is 1. The molecule has 8 heteroatoms. The Bertz CT molecular complexity index is 670. The lowest BCUT2D eigenvalue weighted by Crippen LogP contribution is -2.24. The maximum Gasteiger partial charge on any atom is 0.317 e. The van der Waals surface area contributed by atoms with Crippen LogP contribution in [-0.2, 0) is 4.74 Å². The van der Waals surface area contributed by atoms with Crippen molar-refractivity contribution in [1.29, 1.82) is 0 Å². The van der Waals surface area contributed by atoms with Gasteiger partial charge in [0.2, 0.25) is 0 Å². The van der Waals surface area contributed by atoms with Gasteiger partial charge in [0.15, 0.2) is 5.75 Å². The van der Waals surface area contributed by atoms with E-state index in [0.717, 1.165) is 30.9 Å². The predicted octanol–water partition coefficient (Wildman–Crippen LogP) is 4.81. The van der Waals surface area contributed by atoms with Gasteiger partial charge in [0.05, 0.1) is 21.5 Å². The van der Waals surface area contributed by atoms with Crippen molar-refractivity contribution < 1.29 is 19.3 Å². The van der Waals surface area contributed by atoms with Crippen molar-refractivity contribution in [3.8, 4) is 5.75 Å².